The van der Waals surface area contributed by atoms with Crippen molar-refractivity contribution in [1.82, 2.24) is 15.1 Å². The van der Waals surface area contributed by atoms with Crippen LogP contribution in [0, 0.1) is 0 Å². The number of hydrogen-bond donors (Lipinski definition) is 2. The number of nitrogens with one attached hydrogen (secondary N) is 2. The maximum Gasteiger partial charge on any atom is 0.241 e. The van der Waals surface area contributed by atoms with E-state index in [1.54, 1.807) is 19.4 Å². The minimum Gasteiger partial charge on any atom is -0.378 e. The molecular weight excluding hydrogens is 280 g/mol. The van der Waals surface area contributed by atoms with Gasteiger partial charge in [-0.05, 0) is 19.3 Å². The van der Waals surface area contributed by atoms with Gasteiger partial charge in [-0.15, -0.1) is 0 Å². The average molecular weight is 300 g/mol. The molecule has 1 aliphatic rings. The van der Waals surface area contributed by atoms with E-state index in [1.165, 1.54) is 10.9 Å². The monoisotopic (exact) mass is 300 g/mol. The number of anilines is 1. The van der Waals surface area contributed by atoms with E-state index in [0.29, 0.717) is 6.42 Å². The van der Waals surface area contributed by atoms with Crippen LogP contribution < -0.4 is 10.6 Å². The second kappa shape index (κ2) is 5.82. The largest absolute Gasteiger partial charge is 0.378 e. The molecule has 20 heavy (non-hydrogen) atoms. The van der Waals surface area contributed by atoms with Gasteiger partial charge in [0.2, 0.25) is 5.91 Å². The predicted molar refractivity (Wildman–Crippen MR) is 76.2 cm³/mol. The number of nitrogens with zero attached hydrogens (tertiary/aromatic N) is 2. The fourth-order valence-corrected chi connectivity index (χ4v) is 3.96. The SMILES string of the molecule is CNC(=O)Cn1cc(NC2CCCC2S(C)(=O)=O)cn1. The summed E-state index contributed by atoms with van der Waals surface area (Å²) >= 11 is 0. The molecular formula is C12H20N4O3S. The summed E-state index contributed by atoms with van der Waals surface area (Å²) in [6, 6.07) is -0.0809. The van der Waals surface area contributed by atoms with Crippen LogP contribution in [-0.4, -0.2) is 48.7 Å². The summed E-state index contributed by atoms with van der Waals surface area (Å²) in [4.78, 5) is 11.2. The molecule has 1 fully saturated rings. The van der Waals surface area contributed by atoms with E-state index in [9.17, 15) is 13.2 Å². The Labute approximate surface area is 118 Å². The molecule has 1 aromatic heterocycles. The second-order valence-corrected chi connectivity index (χ2v) is 7.41. The molecule has 2 unspecified atom stereocenters. The van der Waals surface area contributed by atoms with Crippen LogP contribution in [0.25, 0.3) is 0 Å². The number of likely N-dealkylation sites (N-methyl/N-ethyl adjacent to an activating group) is 1. The van der Waals surface area contributed by atoms with Crippen LogP contribution in [-0.2, 0) is 21.2 Å². The Morgan fingerprint density at radius 2 is 2.25 bits per heavy atom. The molecule has 1 amide bonds. The molecule has 0 spiro atoms. The number of aromatic nitrogens is 2. The number of hydrogen-bond acceptors (Lipinski definition) is 5. The van der Waals surface area contributed by atoms with Gasteiger partial charge in [-0.3, -0.25) is 9.48 Å². The molecule has 1 heterocycles. The molecule has 8 heteroatoms. The van der Waals surface area contributed by atoms with Gasteiger partial charge in [0.1, 0.15) is 6.54 Å². The molecule has 1 aromatic rings. The van der Waals surface area contributed by atoms with Gasteiger partial charge in [0.25, 0.3) is 0 Å². The normalized spacial score (nSPS) is 22.7. The van der Waals surface area contributed by atoms with Crippen molar-refractivity contribution in [3.63, 3.8) is 0 Å². The van der Waals surface area contributed by atoms with Crippen molar-refractivity contribution in [2.75, 3.05) is 18.6 Å². The minimum absolute atomic E-state index is 0.0809. The van der Waals surface area contributed by atoms with E-state index >= 15 is 0 Å². The van der Waals surface area contributed by atoms with Gasteiger partial charge in [-0.25, -0.2) is 8.42 Å². The van der Waals surface area contributed by atoms with Crippen LogP contribution >= 0.6 is 0 Å². The van der Waals surface area contributed by atoms with Crippen molar-refractivity contribution in [3.8, 4) is 0 Å². The van der Waals surface area contributed by atoms with Crippen molar-refractivity contribution in [1.29, 1.82) is 0 Å². The average Bonchev–Trinajstić information content (AvgIpc) is 2.98. The zero-order valence-corrected chi connectivity index (χ0v) is 12.5. The predicted octanol–water partition coefficient (Wildman–Crippen LogP) is 0.00670. The highest BCUT2D eigenvalue weighted by molar-refractivity contribution is 7.91. The van der Waals surface area contributed by atoms with Crippen LogP contribution in [0.2, 0.25) is 0 Å². The first-order valence-electron chi connectivity index (χ1n) is 6.58. The van der Waals surface area contributed by atoms with Crippen LogP contribution in [0.1, 0.15) is 19.3 Å². The quantitative estimate of drug-likeness (QED) is 0.799. The molecule has 0 saturated heterocycles. The Bertz CT molecular complexity index is 581. The molecule has 0 aromatic carbocycles. The van der Waals surface area contributed by atoms with E-state index in [1.807, 2.05) is 0 Å². The first kappa shape index (κ1) is 14.8. The Hall–Kier alpha value is -1.57. The first-order chi connectivity index (χ1) is 9.40. The fraction of sp³-hybridized carbons (Fsp3) is 0.667. The Morgan fingerprint density at radius 3 is 2.90 bits per heavy atom. The number of amides is 1. The maximum atomic E-state index is 11.7. The van der Waals surface area contributed by atoms with Gasteiger partial charge < -0.3 is 10.6 Å². The summed E-state index contributed by atoms with van der Waals surface area (Å²) in [5.74, 6) is -0.130. The zero-order chi connectivity index (χ0) is 14.8. The summed E-state index contributed by atoms with van der Waals surface area (Å²) < 4.78 is 24.9. The van der Waals surface area contributed by atoms with Crippen molar-refractivity contribution < 1.29 is 13.2 Å². The van der Waals surface area contributed by atoms with Gasteiger partial charge >= 0.3 is 0 Å². The van der Waals surface area contributed by atoms with Crippen LogP contribution in [0.15, 0.2) is 12.4 Å². The number of carbonyl (C=O) groups excluding carboxylic acids is 1. The summed E-state index contributed by atoms with van der Waals surface area (Å²) in [7, 11) is -1.47. The van der Waals surface area contributed by atoms with E-state index in [0.717, 1.165) is 18.5 Å². The van der Waals surface area contributed by atoms with Crippen molar-refractivity contribution >= 4 is 21.4 Å². The van der Waals surface area contributed by atoms with Gasteiger partial charge in [-0.2, -0.15) is 5.10 Å². The molecule has 2 rings (SSSR count). The van der Waals surface area contributed by atoms with Crippen LogP contribution in [0.3, 0.4) is 0 Å². The molecule has 0 aliphatic heterocycles. The van der Waals surface area contributed by atoms with Gasteiger partial charge in [0.05, 0.1) is 17.1 Å². The third kappa shape index (κ3) is 3.50. The molecule has 2 atom stereocenters. The Morgan fingerprint density at radius 1 is 1.50 bits per heavy atom. The highest BCUT2D eigenvalue weighted by Crippen LogP contribution is 2.27. The van der Waals surface area contributed by atoms with E-state index in [-0.39, 0.29) is 23.7 Å². The molecule has 1 saturated carbocycles. The number of rotatable bonds is 5. The maximum absolute atomic E-state index is 11.7. The highest BCUT2D eigenvalue weighted by Gasteiger charge is 2.34. The number of sulfone groups is 1. The number of carbonyl (C=O) groups is 1. The molecule has 0 bridgehead atoms. The lowest BCUT2D eigenvalue weighted by Crippen LogP contribution is -2.34. The lowest BCUT2D eigenvalue weighted by Gasteiger charge is -2.19. The topological polar surface area (TPSA) is 93.1 Å². The molecule has 7 nitrogen and oxygen atoms in total. The van der Waals surface area contributed by atoms with E-state index in [4.69, 9.17) is 0 Å². The highest BCUT2D eigenvalue weighted by atomic mass is 32.2. The molecule has 1 aliphatic carbocycles. The Kier molecular flexibility index (Phi) is 4.32. The third-order valence-corrected chi connectivity index (χ3v) is 5.24. The summed E-state index contributed by atoms with van der Waals surface area (Å²) in [5.41, 5.74) is 0.745. The first-order valence-corrected chi connectivity index (χ1v) is 8.54. The molecule has 2 N–H and O–H groups in total. The van der Waals surface area contributed by atoms with E-state index < -0.39 is 9.84 Å². The lowest BCUT2D eigenvalue weighted by atomic mass is 10.2. The lowest BCUT2D eigenvalue weighted by molar-refractivity contribution is -0.121. The molecule has 0 radical (unpaired) electrons. The minimum atomic E-state index is -3.04. The second-order valence-electron chi connectivity index (χ2n) is 5.15. The van der Waals surface area contributed by atoms with Crippen LogP contribution in [0.5, 0.6) is 0 Å². The van der Waals surface area contributed by atoms with Crippen molar-refractivity contribution in [2.24, 2.45) is 0 Å². The molecule has 112 valence electrons. The van der Waals surface area contributed by atoms with E-state index in [2.05, 4.69) is 15.7 Å². The smallest absolute Gasteiger partial charge is 0.241 e. The van der Waals surface area contributed by atoms with Crippen LogP contribution in [0.4, 0.5) is 5.69 Å². The standard InChI is InChI=1S/C12H20N4O3S/c1-13-12(17)8-16-7-9(6-14-16)15-10-4-3-5-11(10)20(2,18)19/h6-7,10-11,15H,3-5,8H2,1-2H3,(H,13,17). The summed E-state index contributed by atoms with van der Waals surface area (Å²) in [6.45, 7) is 0.151. The van der Waals surface area contributed by atoms with Crippen molar-refractivity contribution in [2.45, 2.75) is 37.1 Å². The summed E-state index contributed by atoms with van der Waals surface area (Å²) in [5, 5.41) is 9.47. The van der Waals surface area contributed by atoms with Gasteiger partial charge in [0, 0.05) is 25.5 Å². The third-order valence-electron chi connectivity index (χ3n) is 3.57. The van der Waals surface area contributed by atoms with Gasteiger partial charge in [-0.1, -0.05) is 0 Å². The van der Waals surface area contributed by atoms with Gasteiger partial charge in [0.15, 0.2) is 9.84 Å². The zero-order valence-electron chi connectivity index (χ0n) is 11.7. The Balaban J connectivity index is 2.01. The fourth-order valence-electron chi connectivity index (χ4n) is 2.57. The van der Waals surface area contributed by atoms with Crippen molar-refractivity contribution in [3.05, 3.63) is 12.4 Å². The summed E-state index contributed by atoms with van der Waals surface area (Å²) in [6.07, 6.45) is 7.04.